The van der Waals surface area contributed by atoms with E-state index in [2.05, 4.69) is 56.1 Å². The van der Waals surface area contributed by atoms with Crippen molar-refractivity contribution in [1.82, 2.24) is 0 Å². The van der Waals surface area contributed by atoms with E-state index in [0.29, 0.717) is 11.3 Å². The zero-order chi connectivity index (χ0) is 21.5. The fourth-order valence-corrected chi connectivity index (χ4v) is 5.55. The van der Waals surface area contributed by atoms with Crippen molar-refractivity contribution in [3.8, 4) is 0 Å². The van der Waals surface area contributed by atoms with E-state index >= 15 is 0 Å². The van der Waals surface area contributed by atoms with Gasteiger partial charge in [-0.2, -0.15) is 0 Å². The lowest BCUT2D eigenvalue weighted by atomic mass is 10.1. The van der Waals surface area contributed by atoms with Gasteiger partial charge in [-0.25, -0.2) is 14.4 Å². The highest BCUT2D eigenvalue weighted by atomic mass is 79.9. The van der Waals surface area contributed by atoms with Crippen LogP contribution in [-0.2, 0) is 6.67 Å². The highest BCUT2D eigenvalue weighted by Crippen LogP contribution is 2.38. The van der Waals surface area contributed by atoms with Gasteiger partial charge in [-0.1, -0.05) is 70.5 Å². The maximum Gasteiger partial charge on any atom is 0.117 e. The quantitative estimate of drug-likeness (QED) is 0.251. The van der Waals surface area contributed by atoms with Crippen LogP contribution in [-0.4, -0.2) is 11.4 Å². The molecule has 0 spiro atoms. The van der Waals surface area contributed by atoms with Crippen LogP contribution in [0.3, 0.4) is 0 Å². The molecule has 0 atom stereocenters. The van der Waals surface area contributed by atoms with Crippen LogP contribution < -0.4 is 0 Å². The molecule has 1 aliphatic rings. The molecule has 2 nitrogen and oxygen atoms in total. The number of rotatable bonds is 3. The molecule has 0 aliphatic heterocycles. The lowest BCUT2D eigenvalue weighted by Crippen LogP contribution is -2.10. The van der Waals surface area contributed by atoms with Crippen LogP contribution in [0.4, 0.5) is 15.8 Å². The molecule has 31 heavy (non-hydrogen) atoms. The number of hydrogen-bond donors (Lipinski definition) is 0. The molecule has 0 unspecified atom stereocenters. The molecule has 0 amide bonds. The second kappa shape index (κ2) is 8.13. The molecule has 0 bridgehead atoms. The first kappa shape index (κ1) is 20.3. The lowest BCUT2D eigenvalue weighted by molar-refractivity contribution is 0.486. The van der Waals surface area contributed by atoms with E-state index in [4.69, 9.17) is 9.98 Å². The molecule has 152 valence electrons. The van der Waals surface area contributed by atoms with Crippen LogP contribution in [0.5, 0.6) is 0 Å². The first-order valence-corrected chi connectivity index (χ1v) is 11.4. The molecule has 5 rings (SSSR count). The number of halogens is 3. The average Bonchev–Trinajstić information content (AvgIpc) is 3.06. The fraction of sp³-hybridized carbons (Fsp3) is 0.0769. The Hall–Kier alpha value is -2.63. The SMILES string of the molecule is Cc1cc(Br)cc(Br)c1N=C1C(=Nc2ccccc2CF)c2cccc3cccc1c23. The van der Waals surface area contributed by atoms with Crippen molar-refractivity contribution in [1.29, 1.82) is 0 Å². The summed E-state index contributed by atoms with van der Waals surface area (Å²) in [4.78, 5) is 10.0. The van der Waals surface area contributed by atoms with E-state index in [1.165, 1.54) is 0 Å². The number of hydrogen-bond acceptors (Lipinski definition) is 2. The summed E-state index contributed by atoms with van der Waals surface area (Å²) in [7, 11) is 0. The first-order valence-electron chi connectivity index (χ1n) is 9.86. The minimum atomic E-state index is -0.562. The van der Waals surface area contributed by atoms with Gasteiger partial charge in [-0.3, -0.25) is 0 Å². The van der Waals surface area contributed by atoms with Gasteiger partial charge in [0.1, 0.15) is 6.67 Å². The average molecular weight is 536 g/mol. The summed E-state index contributed by atoms with van der Waals surface area (Å²) < 4.78 is 15.5. The number of alkyl halides is 1. The van der Waals surface area contributed by atoms with E-state index in [9.17, 15) is 4.39 Å². The highest BCUT2D eigenvalue weighted by Gasteiger charge is 2.28. The molecular formula is C26H17Br2FN2. The summed E-state index contributed by atoms with van der Waals surface area (Å²) in [6, 6.07) is 23.8. The van der Waals surface area contributed by atoms with Crippen molar-refractivity contribution in [3.63, 3.8) is 0 Å². The van der Waals surface area contributed by atoms with Crippen LogP contribution in [0.2, 0.25) is 0 Å². The molecule has 4 aromatic rings. The first-order chi connectivity index (χ1) is 15.1. The van der Waals surface area contributed by atoms with E-state index in [1.54, 1.807) is 6.07 Å². The highest BCUT2D eigenvalue weighted by molar-refractivity contribution is 9.11. The van der Waals surface area contributed by atoms with Gasteiger partial charge in [0.2, 0.25) is 0 Å². The van der Waals surface area contributed by atoms with Crippen molar-refractivity contribution >= 4 is 65.4 Å². The molecule has 1 aliphatic carbocycles. The van der Waals surface area contributed by atoms with Gasteiger partial charge in [0.25, 0.3) is 0 Å². The fourth-order valence-electron chi connectivity index (χ4n) is 4.02. The maximum atomic E-state index is 13.6. The summed E-state index contributed by atoms with van der Waals surface area (Å²) in [5, 5.41) is 2.27. The van der Waals surface area contributed by atoms with Crippen molar-refractivity contribution in [2.75, 3.05) is 0 Å². The van der Waals surface area contributed by atoms with Crippen LogP contribution >= 0.6 is 31.9 Å². The summed E-state index contributed by atoms with van der Waals surface area (Å²) in [5.74, 6) is 0. The molecule has 0 radical (unpaired) electrons. The van der Waals surface area contributed by atoms with Gasteiger partial charge in [0, 0.05) is 31.0 Å². The summed E-state index contributed by atoms with van der Waals surface area (Å²) in [6.07, 6.45) is 0. The van der Waals surface area contributed by atoms with E-state index in [0.717, 1.165) is 53.5 Å². The van der Waals surface area contributed by atoms with Crippen molar-refractivity contribution in [2.24, 2.45) is 9.98 Å². The van der Waals surface area contributed by atoms with Crippen LogP contribution in [0, 0.1) is 6.92 Å². The number of aliphatic imine (C=N–C) groups is 2. The standard InChI is InChI=1S/C26H17Br2FN2/c1-15-12-18(27)13-21(28)24(15)31-26-20-10-5-8-16-7-4-9-19(23(16)20)25(26)30-22-11-3-2-6-17(22)14-29/h2-13H,14H2,1H3. The molecule has 0 heterocycles. The van der Waals surface area contributed by atoms with Gasteiger partial charge in [-0.05, 0) is 52.0 Å². The Morgan fingerprint density at radius 3 is 2.16 bits per heavy atom. The van der Waals surface area contributed by atoms with Crippen molar-refractivity contribution in [3.05, 3.63) is 104 Å². The molecule has 0 fully saturated rings. The van der Waals surface area contributed by atoms with Crippen LogP contribution in [0.1, 0.15) is 22.3 Å². The van der Waals surface area contributed by atoms with Crippen molar-refractivity contribution in [2.45, 2.75) is 13.6 Å². The smallest absolute Gasteiger partial charge is 0.117 e. The molecular weight excluding hydrogens is 519 g/mol. The van der Waals surface area contributed by atoms with E-state index in [-0.39, 0.29) is 0 Å². The number of para-hydroxylation sites is 1. The Morgan fingerprint density at radius 1 is 0.806 bits per heavy atom. The molecule has 0 saturated carbocycles. The maximum absolute atomic E-state index is 13.6. The molecule has 4 aromatic carbocycles. The Morgan fingerprint density at radius 2 is 1.48 bits per heavy atom. The predicted molar refractivity (Wildman–Crippen MR) is 134 cm³/mol. The minimum Gasteiger partial charge on any atom is -0.246 e. The third-order valence-corrected chi connectivity index (χ3v) is 6.51. The summed E-state index contributed by atoms with van der Waals surface area (Å²) in [6.45, 7) is 1.47. The third kappa shape index (κ3) is 3.56. The summed E-state index contributed by atoms with van der Waals surface area (Å²) >= 11 is 7.20. The number of nitrogens with zero attached hydrogens (tertiary/aromatic N) is 2. The molecule has 0 aromatic heterocycles. The second-order valence-corrected chi connectivity index (χ2v) is 9.22. The molecule has 5 heteroatoms. The third-order valence-electron chi connectivity index (χ3n) is 5.45. The van der Waals surface area contributed by atoms with Gasteiger partial charge in [-0.15, -0.1) is 0 Å². The predicted octanol–water partition coefficient (Wildman–Crippen LogP) is 8.40. The summed E-state index contributed by atoms with van der Waals surface area (Å²) in [5.41, 5.74) is 6.72. The Labute approximate surface area is 196 Å². The van der Waals surface area contributed by atoms with E-state index in [1.807, 2.05) is 49.4 Å². The zero-order valence-corrected chi connectivity index (χ0v) is 19.8. The van der Waals surface area contributed by atoms with Gasteiger partial charge >= 0.3 is 0 Å². The zero-order valence-electron chi connectivity index (χ0n) is 16.7. The Bertz CT molecular complexity index is 1380. The topological polar surface area (TPSA) is 24.7 Å². The second-order valence-electron chi connectivity index (χ2n) is 7.45. The number of benzene rings is 4. The van der Waals surface area contributed by atoms with Crippen LogP contribution in [0.25, 0.3) is 10.8 Å². The normalized spacial score (nSPS) is 15.4. The molecule has 0 saturated heterocycles. The Kier molecular flexibility index (Phi) is 5.32. The van der Waals surface area contributed by atoms with E-state index < -0.39 is 6.67 Å². The van der Waals surface area contributed by atoms with Crippen LogP contribution in [0.15, 0.2) is 91.7 Å². The monoisotopic (exact) mass is 534 g/mol. The Balaban J connectivity index is 1.82. The largest absolute Gasteiger partial charge is 0.246 e. The van der Waals surface area contributed by atoms with Gasteiger partial charge in [0.05, 0.1) is 22.8 Å². The molecule has 0 N–H and O–H groups in total. The number of aryl methyl sites for hydroxylation is 1. The van der Waals surface area contributed by atoms with Crippen molar-refractivity contribution < 1.29 is 4.39 Å². The lowest BCUT2D eigenvalue weighted by Gasteiger charge is -2.09. The van der Waals surface area contributed by atoms with Gasteiger partial charge in [0.15, 0.2) is 0 Å². The minimum absolute atomic E-state index is 0.562. The van der Waals surface area contributed by atoms with Gasteiger partial charge < -0.3 is 0 Å².